The highest BCUT2D eigenvalue weighted by molar-refractivity contribution is 5.44. The molecule has 1 aliphatic carbocycles. The molecule has 0 aromatic carbocycles. The molecule has 0 bridgehead atoms. The molecular formula is C10H17N. The van der Waals surface area contributed by atoms with Gasteiger partial charge in [0.2, 0.25) is 0 Å². The van der Waals surface area contributed by atoms with E-state index >= 15 is 0 Å². The van der Waals surface area contributed by atoms with Gasteiger partial charge in [-0.05, 0) is 46.5 Å². The molecule has 2 heterocycles. The van der Waals surface area contributed by atoms with Gasteiger partial charge in [-0.25, -0.2) is 0 Å². The summed E-state index contributed by atoms with van der Waals surface area (Å²) in [7, 11) is 0. The lowest BCUT2D eigenvalue weighted by atomic mass is 9.72. The molecule has 1 nitrogen and oxygen atoms in total. The van der Waals surface area contributed by atoms with E-state index in [4.69, 9.17) is 0 Å². The Hall–Kier alpha value is -0.0400. The number of fused-ring (bicyclic) bond motifs is 1. The predicted molar refractivity (Wildman–Crippen MR) is 45.5 cm³/mol. The van der Waals surface area contributed by atoms with E-state index in [2.05, 4.69) is 32.6 Å². The smallest absolute Gasteiger partial charge is 0.0419 e. The lowest BCUT2D eigenvalue weighted by Crippen LogP contribution is -2.59. The van der Waals surface area contributed by atoms with Gasteiger partial charge in [0.25, 0.3) is 0 Å². The minimum absolute atomic E-state index is 0.530. The molecule has 3 aliphatic rings. The molecule has 4 atom stereocenters. The first-order valence-corrected chi connectivity index (χ1v) is 4.76. The van der Waals surface area contributed by atoms with Crippen molar-refractivity contribution in [2.75, 3.05) is 0 Å². The van der Waals surface area contributed by atoms with Crippen molar-refractivity contribution in [1.82, 2.24) is 4.90 Å². The van der Waals surface area contributed by atoms with E-state index in [-0.39, 0.29) is 0 Å². The average Bonchev–Trinajstić information content (AvgIpc) is 2.17. The average molecular weight is 151 g/mol. The second kappa shape index (κ2) is 1.19. The fourth-order valence-electron chi connectivity index (χ4n) is 4.66. The predicted octanol–water partition coefficient (Wildman–Crippen LogP) is 2.02. The first-order valence-electron chi connectivity index (χ1n) is 4.76. The second-order valence-corrected chi connectivity index (χ2v) is 5.50. The highest BCUT2D eigenvalue weighted by Crippen LogP contribution is 2.79. The van der Waals surface area contributed by atoms with Crippen LogP contribution in [0.5, 0.6) is 0 Å². The van der Waals surface area contributed by atoms with Crippen LogP contribution < -0.4 is 0 Å². The summed E-state index contributed by atoms with van der Waals surface area (Å²) < 4.78 is 0. The number of nitrogens with zero attached hydrogens (tertiary/aromatic N) is 1. The third-order valence-corrected chi connectivity index (χ3v) is 5.03. The van der Waals surface area contributed by atoms with Crippen LogP contribution >= 0.6 is 0 Å². The van der Waals surface area contributed by atoms with E-state index in [9.17, 15) is 0 Å². The molecular weight excluding hydrogens is 134 g/mol. The monoisotopic (exact) mass is 151 g/mol. The molecule has 11 heavy (non-hydrogen) atoms. The molecule has 3 fully saturated rings. The standard InChI is InChI=1S/C10H17N/c1-8(2)7-5-6-9(3)10(7,4)11(8)9/h7H,5-6H2,1-4H3. The van der Waals surface area contributed by atoms with Crippen LogP contribution in [0.15, 0.2) is 0 Å². The molecule has 0 spiro atoms. The Morgan fingerprint density at radius 3 is 2.00 bits per heavy atom. The Morgan fingerprint density at radius 1 is 1.18 bits per heavy atom. The quantitative estimate of drug-likeness (QED) is 0.479. The van der Waals surface area contributed by atoms with Gasteiger partial charge in [0.05, 0.1) is 0 Å². The van der Waals surface area contributed by atoms with Crippen molar-refractivity contribution in [2.24, 2.45) is 5.92 Å². The van der Waals surface area contributed by atoms with Crippen molar-refractivity contribution in [3.05, 3.63) is 0 Å². The molecule has 3 rings (SSSR count). The molecule has 0 radical (unpaired) electrons. The zero-order chi connectivity index (χ0) is 8.07. The molecule has 1 saturated carbocycles. The summed E-state index contributed by atoms with van der Waals surface area (Å²) in [5.41, 5.74) is 1.75. The maximum Gasteiger partial charge on any atom is 0.0419 e. The van der Waals surface area contributed by atoms with Gasteiger partial charge in [-0.1, -0.05) is 0 Å². The number of hydrogen-bond donors (Lipinski definition) is 0. The van der Waals surface area contributed by atoms with E-state index in [1.165, 1.54) is 12.8 Å². The molecule has 4 unspecified atom stereocenters. The van der Waals surface area contributed by atoms with Crippen molar-refractivity contribution in [3.8, 4) is 0 Å². The summed E-state index contributed by atoms with van der Waals surface area (Å²) in [4.78, 5) is 2.72. The van der Waals surface area contributed by atoms with E-state index < -0.39 is 0 Å². The zero-order valence-electron chi connectivity index (χ0n) is 7.94. The third kappa shape index (κ3) is 0.342. The van der Waals surface area contributed by atoms with Crippen LogP contribution in [0.2, 0.25) is 0 Å². The van der Waals surface area contributed by atoms with E-state index in [0.29, 0.717) is 16.6 Å². The van der Waals surface area contributed by atoms with Crippen molar-refractivity contribution in [1.29, 1.82) is 0 Å². The maximum atomic E-state index is 2.72. The van der Waals surface area contributed by atoms with Crippen LogP contribution in [-0.2, 0) is 0 Å². The van der Waals surface area contributed by atoms with Crippen molar-refractivity contribution < 1.29 is 0 Å². The fraction of sp³-hybridized carbons (Fsp3) is 1.00. The molecule has 62 valence electrons. The number of piperidine rings is 2. The molecule has 0 aromatic rings. The van der Waals surface area contributed by atoms with E-state index in [0.717, 1.165) is 5.92 Å². The Bertz CT molecular complexity index is 225. The summed E-state index contributed by atoms with van der Waals surface area (Å²) in [6, 6.07) is 0. The van der Waals surface area contributed by atoms with Crippen LogP contribution in [0.3, 0.4) is 0 Å². The Balaban J connectivity index is 2.10. The highest BCUT2D eigenvalue weighted by Gasteiger charge is 2.88. The van der Waals surface area contributed by atoms with E-state index in [1.807, 2.05) is 0 Å². The van der Waals surface area contributed by atoms with Gasteiger partial charge < -0.3 is 0 Å². The molecule has 0 amide bonds. The normalized spacial score (nSPS) is 68.7. The number of rotatable bonds is 0. The summed E-state index contributed by atoms with van der Waals surface area (Å²) in [6.45, 7) is 9.71. The summed E-state index contributed by atoms with van der Waals surface area (Å²) >= 11 is 0. The lowest BCUT2D eigenvalue weighted by Gasteiger charge is -2.51. The minimum atomic E-state index is 0.530. The van der Waals surface area contributed by atoms with Gasteiger partial charge in [-0.15, -0.1) is 0 Å². The molecule has 1 heteroatoms. The Kier molecular flexibility index (Phi) is 0.698. The lowest BCUT2D eigenvalue weighted by molar-refractivity contribution is -0.0197. The van der Waals surface area contributed by atoms with Gasteiger partial charge >= 0.3 is 0 Å². The molecule has 2 saturated heterocycles. The van der Waals surface area contributed by atoms with Crippen molar-refractivity contribution >= 4 is 0 Å². The third-order valence-electron chi connectivity index (χ3n) is 5.03. The van der Waals surface area contributed by atoms with Gasteiger partial charge in [0.15, 0.2) is 0 Å². The van der Waals surface area contributed by atoms with Crippen molar-refractivity contribution in [3.63, 3.8) is 0 Å². The Labute approximate surface area is 68.8 Å². The maximum absolute atomic E-state index is 2.72. The first kappa shape index (κ1) is 6.47. The van der Waals surface area contributed by atoms with Gasteiger partial charge in [-0.2, -0.15) is 0 Å². The van der Waals surface area contributed by atoms with Crippen LogP contribution in [0.1, 0.15) is 40.5 Å². The minimum Gasteiger partial charge on any atom is -0.283 e. The first-order chi connectivity index (χ1) is 4.96. The molecule has 0 N–H and O–H groups in total. The Morgan fingerprint density at radius 2 is 1.82 bits per heavy atom. The highest BCUT2D eigenvalue weighted by atomic mass is 15.6. The van der Waals surface area contributed by atoms with Crippen LogP contribution in [0.4, 0.5) is 0 Å². The number of hydrogen-bond acceptors (Lipinski definition) is 1. The van der Waals surface area contributed by atoms with E-state index in [1.54, 1.807) is 0 Å². The topological polar surface area (TPSA) is 3.01 Å². The zero-order valence-corrected chi connectivity index (χ0v) is 7.94. The van der Waals surface area contributed by atoms with Gasteiger partial charge in [0.1, 0.15) is 0 Å². The van der Waals surface area contributed by atoms with Gasteiger partial charge in [0, 0.05) is 16.6 Å². The summed E-state index contributed by atoms with van der Waals surface area (Å²) in [6.07, 6.45) is 2.91. The summed E-state index contributed by atoms with van der Waals surface area (Å²) in [5.74, 6) is 0.986. The molecule has 2 aliphatic heterocycles. The largest absolute Gasteiger partial charge is 0.283 e. The fourth-order valence-corrected chi connectivity index (χ4v) is 4.66. The van der Waals surface area contributed by atoms with Crippen molar-refractivity contribution in [2.45, 2.75) is 57.2 Å². The second-order valence-electron chi connectivity index (χ2n) is 5.50. The SMILES string of the molecule is CC1(C)C2CCC3(C)N1C23C. The van der Waals surface area contributed by atoms with Crippen LogP contribution in [-0.4, -0.2) is 21.5 Å². The van der Waals surface area contributed by atoms with Crippen LogP contribution in [0.25, 0.3) is 0 Å². The summed E-state index contributed by atoms with van der Waals surface area (Å²) in [5, 5.41) is 0. The van der Waals surface area contributed by atoms with Crippen LogP contribution in [0, 0.1) is 5.92 Å². The molecule has 0 aromatic heterocycles. The van der Waals surface area contributed by atoms with Gasteiger partial charge in [-0.3, -0.25) is 4.90 Å².